The second kappa shape index (κ2) is 10.3. The predicted octanol–water partition coefficient (Wildman–Crippen LogP) is 6.81. The molecule has 0 aromatic heterocycles. The van der Waals surface area contributed by atoms with E-state index in [1.807, 2.05) is 42.3 Å². The molecule has 0 fully saturated rings. The first-order valence-electron chi connectivity index (χ1n) is 9.94. The zero-order valence-corrected chi connectivity index (χ0v) is 16.4. The number of carbonyl (C=O) groups excluding carboxylic acids is 1. The van der Waals surface area contributed by atoms with Crippen molar-refractivity contribution in [3.8, 4) is 22.6 Å². The third-order valence-corrected chi connectivity index (χ3v) is 4.77. The maximum atomic E-state index is 10.3. The molecule has 0 aliphatic rings. The van der Waals surface area contributed by atoms with Crippen LogP contribution < -0.4 is 4.74 Å². The SMILES string of the molecule is CCCc1cc(Oc2ccc(-c3ccccc3)cc2)ccc1CCCC=C=O. The minimum atomic E-state index is 0.779. The zero-order chi connectivity index (χ0) is 19.6. The van der Waals surface area contributed by atoms with Gasteiger partial charge in [0.15, 0.2) is 0 Å². The number of allylic oxidation sites excluding steroid dienone is 1. The van der Waals surface area contributed by atoms with E-state index in [0.29, 0.717) is 0 Å². The molecule has 0 unspecified atom stereocenters. The topological polar surface area (TPSA) is 26.3 Å². The lowest BCUT2D eigenvalue weighted by Crippen LogP contribution is -1.96. The minimum Gasteiger partial charge on any atom is -0.457 e. The van der Waals surface area contributed by atoms with Gasteiger partial charge in [0.25, 0.3) is 0 Å². The van der Waals surface area contributed by atoms with Crippen LogP contribution in [0.4, 0.5) is 0 Å². The summed E-state index contributed by atoms with van der Waals surface area (Å²) in [6.07, 6.45) is 6.41. The molecule has 0 aliphatic heterocycles. The molecule has 0 bridgehead atoms. The Balaban J connectivity index is 1.71. The van der Waals surface area contributed by atoms with Crippen molar-refractivity contribution in [3.05, 3.63) is 90.0 Å². The highest BCUT2D eigenvalue weighted by molar-refractivity contribution is 5.64. The van der Waals surface area contributed by atoms with Crippen LogP contribution in [0.2, 0.25) is 0 Å². The molecular weight excluding hydrogens is 344 g/mol. The molecule has 0 amide bonds. The smallest absolute Gasteiger partial charge is 0.127 e. The van der Waals surface area contributed by atoms with Gasteiger partial charge in [-0.2, -0.15) is 0 Å². The van der Waals surface area contributed by atoms with E-state index in [1.54, 1.807) is 6.08 Å². The molecular formula is C26H26O2. The Morgan fingerprint density at radius 1 is 0.821 bits per heavy atom. The third kappa shape index (κ3) is 5.45. The number of ether oxygens (including phenoxy) is 1. The summed E-state index contributed by atoms with van der Waals surface area (Å²) in [5.74, 6) is 3.56. The lowest BCUT2D eigenvalue weighted by atomic mass is 9.98. The molecule has 3 aromatic carbocycles. The fourth-order valence-electron chi connectivity index (χ4n) is 3.35. The summed E-state index contributed by atoms with van der Waals surface area (Å²) in [4.78, 5) is 10.3. The molecule has 142 valence electrons. The van der Waals surface area contributed by atoms with Gasteiger partial charge in [-0.3, -0.25) is 0 Å². The van der Waals surface area contributed by atoms with Crippen LogP contribution in [0, 0.1) is 0 Å². The van der Waals surface area contributed by atoms with E-state index in [2.05, 4.69) is 43.3 Å². The van der Waals surface area contributed by atoms with E-state index in [0.717, 1.165) is 43.6 Å². The second-order valence-electron chi connectivity index (χ2n) is 6.89. The molecule has 3 aromatic rings. The van der Waals surface area contributed by atoms with Crippen LogP contribution in [-0.2, 0) is 17.6 Å². The van der Waals surface area contributed by atoms with Crippen molar-refractivity contribution in [2.45, 2.75) is 39.0 Å². The van der Waals surface area contributed by atoms with E-state index in [1.165, 1.54) is 22.3 Å². The summed E-state index contributed by atoms with van der Waals surface area (Å²) in [5, 5.41) is 0. The first-order chi connectivity index (χ1) is 13.8. The quantitative estimate of drug-likeness (QED) is 0.305. The van der Waals surface area contributed by atoms with Crippen LogP contribution >= 0.6 is 0 Å². The van der Waals surface area contributed by atoms with Crippen molar-refractivity contribution in [3.63, 3.8) is 0 Å². The van der Waals surface area contributed by atoms with Gasteiger partial charge in [-0.15, -0.1) is 0 Å². The number of hydrogen-bond acceptors (Lipinski definition) is 2. The van der Waals surface area contributed by atoms with Gasteiger partial charge in [0.2, 0.25) is 0 Å². The van der Waals surface area contributed by atoms with Crippen molar-refractivity contribution >= 4 is 5.94 Å². The van der Waals surface area contributed by atoms with Gasteiger partial charge in [0.05, 0.1) is 0 Å². The Bertz CT molecular complexity index is 920. The minimum absolute atomic E-state index is 0.779. The Morgan fingerprint density at radius 2 is 1.54 bits per heavy atom. The number of hydrogen-bond donors (Lipinski definition) is 0. The Kier molecular flexibility index (Phi) is 7.23. The first kappa shape index (κ1) is 19.7. The Morgan fingerprint density at radius 3 is 2.25 bits per heavy atom. The summed E-state index contributed by atoms with van der Waals surface area (Å²) >= 11 is 0. The maximum absolute atomic E-state index is 10.3. The van der Waals surface area contributed by atoms with Gasteiger partial charge in [0, 0.05) is 0 Å². The Labute approximate surface area is 167 Å². The van der Waals surface area contributed by atoms with Crippen LogP contribution in [0.5, 0.6) is 11.5 Å². The average Bonchev–Trinajstić information content (AvgIpc) is 2.74. The number of benzene rings is 3. The van der Waals surface area contributed by atoms with Gasteiger partial charge in [0.1, 0.15) is 17.4 Å². The van der Waals surface area contributed by atoms with Crippen LogP contribution in [-0.4, -0.2) is 5.94 Å². The lowest BCUT2D eigenvalue weighted by Gasteiger charge is -2.12. The van der Waals surface area contributed by atoms with E-state index >= 15 is 0 Å². The molecule has 0 spiro atoms. The van der Waals surface area contributed by atoms with E-state index in [9.17, 15) is 4.79 Å². The summed E-state index contributed by atoms with van der Waals surface area (Å²) in [7, 11) is 0. The maximum Gasteiger partial charge on any atom is 0.127 e. The van der Waals surface area contributed by atoms with Gasteiger partial charge >= 0.3 is 0 Å². The highest BCUT2D eigenvalue weighted by Gasteiger charge is 2.06. The summed E-state index contributed by atoms with van der Waals surface area (Å²) in [5.41, 5.74) is 5.05. The highest BCUT2D eigenvalue weighted by atomic mass is 16.5. The molecule has 2 heteroatoms. The van der Waals surface area contributed by atoms with E-state index in [4.69, 9.17) is 4.74 Å². The summed E-state index contributed by atoms with van der Waals surface area (Å²) < 4.78 is 6.10. The third-order valence-electron chi connectivity index (χ3n) is 4.77. The van der Waals surface area contributed by atoms with Gasteiger partial charge < -0.3 is 4.74 Å². The molecule has 2 nitrogen and oxygen atoms in total. The molecule has 0 aliphatic carbocycles. The fourth-order valence-corrected chi connectivity index (χ4v) is 3.35. The molecule has 0 radical (unpaired) electrons. The normalized spacial score (nSPS) is 10.3. The van der Waals surface area contributed by atoms with Crippen molar-refractivity contribution in [2.24, 2.45) is 0 Å². The highest BCUT2D eigenvalue weighted by Crippen LogP contribution is 2.28. The number of unbranched alkanes of at least 4 members (excludes halogenated alkanes) is 1. The van der Waals surface area contributed by atoms with Crippen molar-refractivity contribution in [1.82, 2.24) is 0 Å². The van der Waals surface area contributed by atoms with Gasteiger partial charge in [-0.1, -0.05) is 61.9 Å². The number of rotatable bonds is 9. The summed E-state index contributed by atoms with van der Waals surface area (Å²) in [6, 6.07) is 24.9. The van der Waals surface area contributed by atoms with Crippen LogP contribution in [0.15, 0.2) is 78.9 Å². The standard InChI is InChI=1S/C26H26O2/c1-2-9-24-20-26(18-15-22(24)12-7-4-8-19-27)28-25-16-13-23(14-17-25)21-10-5-3-6-11-21/h3,5-6,8,10-11,13-18,20H,2,4,7,9,12H2,1H3. The molecule has 0 N–H and O–H groups in total. The van der Waals surface area contributed by atoms with Gasteiger partial charge in [-0.05, 0) is 78.3 Å². The lowest BCUT2D eigenvalue weighted by molar-refractivity contribution is 0.481. The van der Waals surface area contributed by atoms with Crippen LogP contribution in [0.25, 0.3) is 11.1 Å². The zero-order valence-electron chi connectivity index (χ0n) is 16.4. The molecule has 3 rings (SSSR count). The molecule has 0 atom stereocenters. The number of aryl methyl sites for hydroxylation is 2. The fraction of sp³-hybridized carbons (Fsp3) is 0.231. The Hall–Kier alpha value is -3.09. The second-order valence-corrected chi connectivity index (χ2v) is 6.89. The monoisotopic (exact) mass is 370 g/mol. The molecule has 0 saturated carbocycles. The molecule has 28 heavy (non-hydrogen) atoms. The summed E-state index contributed by atoms with van der Waals surface area (Å²) in [6.45, 7) is 2.19. The largest absolute Gasteiger partial charge is 0.457 e. The van der Waals surface area contributed by atoms with Crippen LogP contribution in [0.1, 0.15) is 37.3 Å². The van der Waals surface area contributed by atoms with E-state index in [-0.39, 0.29) is 0 Å². The van der Waals surface area contributed by atoms with E-state index < -0.39 is 0 Å². The first-order valence-corrected chi connectivity index (χ1v) is 9.94. The average molecular weight is 370 g/mol. The van der Waals surface area contributed by atoms with Crippen molar-refractivity contribution < 1.29 is 9.53 Å². The van der Waals surface area contributed by atoms with Crippen LogP contribution in [0.3, 0.4) is 0 Å². The molecule has 0 heterocycles. The van der Waals surface area contributed by atoms with Gasteiger partial charge in [-0.25, -0.2) is 4.79 Å². The van der Waals surface area contributed by atoms with Crippen molar-refractivity contribution in [1.29, 1.82) is 0 Å². The molecule has 0 saturated heterocycles. The van der Waals surface area contributed by atoms with Crippen molar-refractivity contribution in [2.75, 3.05) is 0 Å². The predicted molar refractivity (Wildman–Crippen MR) is 116 cm³/mol.